The molecule has 0 aromatic heterocycles. The van der Waals surface area contributed by atoms with E-state index >= 15 is 0 Å². The van der Waals surface area contributed by atoms with E-state index in [9.17, 15) is 0 Å². The Morgan fingerprint density at radius 2 is 2.00 bits per heavy atom. The number of nitrogens with zero attached hydrogens (tertiary/aromatic N) is 1. The van der Waals surface area contributed by atoms with E-state index in [0.717, 1.165) is 24.8 Å². The number of aliphatic hydroxyl groups is 1. The van der Waals surface area contributed by atoms with Crippen LogP contribution >= 0.6 is 0 Å². The Bertz CT molecular complexity index is 233. The van der Waals surface area contributed by atoms with Crippen LogP contribution < -0.4 is 5.32 Å². The molecule has 3 nitrogen and oxygen atoms in total. The van der Waals surface area contributed by atoms with Crippen molar-refractivity contribution in [1.29, 1.82) is 0 Å². The molecule has 1 aliphatic rings. The van der Waals surface area contributed by atoms with E-state index in [1.54, 1.807) is 0 Å². The van der Waals surface area contributed by atoms with Crippen LogP contribution in [0.5, 0.6) is 0 Å². The molecule has 0 aromatic rings. The molecule has 2 N–H and O–H groups in total. The molecule has 0 saturated carbocycles. The van der Waals surface area contributed by atoms with Crippen molar-refractivity contribution in [2.75, 3.05) is 26.2 Å². The van der Waals surface area contributed by atoms with Crippen molar-refractivity contribution in [2.24, 2.45) is 11.8 Å². The van der Waals surface area contributed by atoms with Crippen LogP contribution in [0, 0.1) is 11.8 Å². The predicted octanol–water partition coefficient (Wildman–Crippen LogP) is 2.49. The average Bonchev–Trinajstić information content (AvgIpc) is 2.41. The smallest absolute Gasteiger partial charge is 0.0431 e. The summed E-state index contributed by atoms with van der Waals surface area (Å²) < 4.78 is 0. The Kier molecular flexibility index (Phi) is 7.96. The van der Waals surface area contributed by atoms with E-state index in [0.29, 0.717) is 18.7 Å². The molecule has 1 rings (SSSR count). The van der Waals surface area contributed by atoms with Gasteiger partial charge in [-0.1, -0.05) is 20.8 Å². The first kappa shape index (κ1) is 16.9. The van der Waals surface area contributed by atoms with Crippen LogP contribution in [-0.2, 0) is 0 Å². The molecule has 3 unspecified atom stereocenters. The second-order valence-electron chi connectivity index (χ2n) is 6.68. The first-order valence-electron chi connectivity index (χ1n) is 8.15. The van der Waals surface area contributed by atoms with Crippen molar-refractivity contribution in [1.82, 2.24) is 10.2 Å². The van der Waals surface area contributed by atoms with Crippen molar-refractivity contribution in [3.63, 3.8) is 0 Å². The number of nitrogens with one attached hydrogen (secondary N) is 1. The number of piperidine rings is 1. The monoisotopic (exact) mass is 270 g/mol. The minimum atomic E-state index is 0.337. The van der Waals surface area contributed by atoms with Crippen molar-refractivity contribution in [2.45, 2.75) is 65.5 Å². The van der Waals surface area contributed by atoms with Crippen LogP contribution in [0.2, 0.25) is 0 Å². The molecule has 0 amide bonds. The fraction of sp³-hybridized carbons (Fsp3) is 1.00. The van der Waals surface area contributed by atoms with E-state index in [1.165, 1.54) is 32.4 Å². The second-order valence-corrected chi connectivity index (χ2v) is 6.68. The average molecular weight is 270 g/mol. The molecule has 1 fully saturated rings. The number of hydrogen-bond donors (Lipinski definition) is 2. The fourth-order valence-corrected chi connectivity index (χ4v) is 3.00. The maximum absolute atomic E-state index is 9.03. The van der Waals surface area contributed by atoms with Crippen LogP contribution in [-0.4, -0.2) is 48.3 Å². The standard InChI is InChI=1S/C16H34N2O/c1-5-14(4)18-11-15(7-6-8-19)9-16(12-18)17-10-13(2)3/h13-17,19H,5-12H2,1-4H3. The summed E-state index contributed by atoms with van der Waals surface area (Å²) in [6.45, 7) is 13.0. The molecule has 0 aromatic carbocycles. The molecular weight excluding hydrogens is 236 g/mol. The van der Waals surface area contributed by atoms with E-state index in [2.05, 4.69) is 37.9 Å². The molecule has 1 aliphatic heterocycles. The van der Waals surface area contributed by atoms with Gasteiger partial charge in [-0.05, 0) is 51.0 Å². The minimum Gasteiger partial charge on any atom is -0.396 e. The van der Waals surface area contributed by atoms with Crippen molar-refractivity contribution in [3.8, 4) is 0 Å². The zero-order valence-electron chi connectivity index (χ0n) is 13.4. The third-order valence-electron chi connectivity index (χ3n) is 4.36. The maximum Gasteiger partial charge on any atom is 0.0431 e. The lowest BCUT2D eigenvalue weighted by Gasteiger charge is -2.41. The summed E-state index contributed by atoms with van der Waals surface area (Å²) in [4.78, 5) is 2.64. The summed E-state index contributed by atoms with van der Waals surface area (Å²) >= 11 is 0. The summed E-state index contributed by atoms with van der Waals surface area (Å²) in [7, 11) is 0. The van der Waals surface area contributed by atoms with Crippen LogP contribution in [0.4, 0.5) is 0 Å². The van der Waals surface area contributed by atoms with E-state index in [1.807, 2.05) is 0 Å². The Hall–Kier alpha value is -0.120. The quantitative estimate of drug-likeness (QED) is 0.711. The van der Waals surface area contributed by atoms with E-state index in [4.69, 9.17) is 5.11 Å². The minimum absolute atomic E-state index is 0.337. The lowest BCUT2D eigenvalue weighted by molar-refractivity contribution is 0.0937. The highest BCUT2D eigenvalue weighted by Gasteiger charge is 2.28. The zero-order chi connectivity index (χ0) is 14.3. The van der Waals surface area contributed by atoms with Gasteiger partial charge in [0, 0.05) is 31.8 Å². The fourth-order valence-electron chi connectivity index (χ4n) is 3.00. The molecule has 3 heteroatoms. The van der Waals surface area contributed by atoms with Gasteiger partial charge in [0.25, 0.3) is 0 Å². The highest BCUT2D eigenvalue weighted by atomic mass is 16.2. The topological polar surface area (TPSA) is 35.5 Å². The Labute approximate surface area is 119 Å². The van der Waals surface area contributed by atoms with Gasteiger partial charge >= 0.3 is 0 Å². The van der Waals surface area contributed by atoms with E-state index in [-0.39, 0.29) is 0 Å². The van der Waals surface area contributed by atoms with Crippen molar-refractivity contribution < 1.29 is 5.11 Å². The van der Waals surface area contributed by atoms with Gasteiger partial charge in [-0.2, -0.15) is 0 Å². The molecule has 114 valence electrons. The number of aliphatic hydroxyl groups excluding tert-OH is 1. The molecule has 0 aliphatic carbocycles. The number of rotatable bonds is 8. The predicted molar refractivity (Wildman–Crippen MR) is 82.4 cm³/mol. The van der Waals surface area contributed by atoms with Crippen LogP contribution in [0.1, 0.15) is 53.4 Å². The molecule has 0 radical (unpaired) electrons. The van der Waals surface area contributed by atoms with Crippen molar-refractivity contribution >= 4 is 0 Å². The van der Waals surface area contributed by atoms with Crippen LogP contribution in [0.25, 0.3) is 0 Å². The summed E-state index contributed by atoms with van der Waals surface area (Å²) in [5.41, 5.74) is 0. The van der Waals surface area contributed by atoms with Crippen molar-refractivity contribution in [3.05, 3.63) is 0 Å². The largest absolute Gasteiger partial charge is 0.396 e. The lowest BCUT2D eigenvalue weighted by Crippen LogP contribution is -2.52. The molecule has 1 heterocycles. The number of hydrogen-bond acceptors (Lipinski definition) is 3. The van der Waals surface area contributed by atoms with Gasteiger partial charge in [0.2, 0.25) is 0 Å². The van der Waals surface area contributed by atoms with Gasteiger partial charge in [0.15, 0.2) is 0 Å². The SMILES string of the molecule is CCC(C)N1CC(CCCO)CC(NCC(C)C)C1. The van der Waals surface area contributed by atoms with E-state index < -0.39 is 0 Å². The summed E-state index contributed by atoms with van der Waals surface area (Å²) in [6, 6.07) is 1.31. The van der Waals surface area contributed by atoms with Gasteiger partial charge in [0.1, 0.15) is 0 Å². The van der Waals surface area contributed by atoms with Gasteiger partial charge in [-0.3, -0.25) is 4.90 Å². The Morgan fingerprint density at radius 1 is 1.26 bits per heavy atom. The summed E-state index contributed by atoms with van der Waals surface area (Å²) in [5, 5.41) is 12.8. The maximum atomic E-state index is 9.03. The molecule has 19 heavy (non-hydrogen) atoms. The van der Waals surface area contributed by atoms with Gasteiger partial charge in [-0.15, -0.1) is 0 Å². The normalized spacial score (nSPS) is 26.8. The third-order valence-corrected chi connectivity index (χ3v) is 4.36. The Morgan fingerprint density at radius 3 is 2.58 bits per heavy atom. The third kappa shape index (κ3) is 6.24. The molecular formula is C16H34N2O. The van der Waals surface area contributed by atoms with Gasteiger partial charge in [-0.25, -0.2) is 0 Å². The Balaban J connectivity index is 2.50. The summed E-state index contributed by atoms with van der Waals surface area (Å²) in [6.07, 6.45) is 4.63. The second kappa shape index (κ2) is 8.93. The van der Waals surface area contributed by atoms with Crippen LogP contribution in [0.3, 0.4) is 0 Å². The highest BCUT2D eigenvalue weighted by molar-refractivity contribution is 4.85. The first-order valence-corrected chi connectivity index (χ1v) is 8.15. The first-order chi connectivity index (χ1) is 9.06. The van der Waals surface area contributed by atoms with Gasteiger partial charge < -0.3 is 10.4 Å². The molecule has 0 spiro atoms. The lowest BCUT2D eigenvalue weighted by atomic mass is 9.89. The molecule has 3 atom stereocenters. The summed E-state index contributed by atoms with van der Waals surface area (Å²) in [5.74, 6) is 1.47. The molecule has 1 saturated heterocycles. The van der Waals surface area contributed by atoms with Gasteiger partial charge in [0.05, 0.1) is 0 Å². The molecule has 0 bridgehead atoms. The number of likely N-dealkylation sites (tertiary alicyclic amines) is 1. The van der Waals surface area contributed by atoms with Crippen LogP contribution in [0.15, 0.2) is 0 Å². The highest BCUT2D eigenvalue weighted by Crippen LogP contribution is 2.23. The zero-order valence-corrected chi connectivity index (χ0v) is 13.4.